The molecule has 0 saturated carbocycles. The zero-order chi connectivity index (χ0) is 21.1. The number of anilines is 1. The van der Waals surface area contributed by atoms with Gasteiger partial charge in [-0.3, -0.25) is 4.79 Å². The zero-order valence-electron chi connectivity index (χ0n) is 16.9. The van der Waals surface area contributed by atoms with Gasteiger partial charge in [0.2, 0.25) is 0 Å². The van der Waals surface area contributed by atoms with Crippen LogP contribution in [0.5, 0.6) is 5.75 Å². The standard InChI is InChI=1S/C21H21N7O2/c1-14-11-15(2)28(24-14)18-10-9-17(12-19(18)30-3)23-21(29)20(27-13-22-25-26-27)16-7-5-4-6-8-16/h4-13,20H,1-3H3,(H,23,29). The first kappa shape index (κ1) is 19.3. The van der Waals surface area contributed by atoms with Crippen LogP contribution < -0.4 is 10.1 Å². The molecule has 152 valence electrons. The summed E-state index contributed by atoms with van der Waals surface area (Å²) in [4.78, 5) is 13.1. The number of benzene rings is 2. The van der Waals surface area contributed by atoms with E-state index in [1.807, 2.05) is 67.1 Å². The number of methoxy groups -OCH3 is 1. The minimum Gasteiger partial charge on any atom is -0.494 e. The van der Waals surface area contributed by atoms with E-state index in [2.05, 4.69) is 25.9 Å². The molecule has 0 aliphatic heterocycles. The van der Waals surface area contributed by atoms with E-state index in [0.717, 1.165) is 22.6 Å². The first-order valence-corrected chi connectivity index (χ1v) is 9.37. The normalized spacial score (nSPS) is 11.8. The highest BCUT2D eigenvalue weighted by Crippen LogP contribution is 2.28. The summed E-state index contributed by atoms with van der Waals surface area (Å²) < 4.78 is 8.79. The molecule has 2 heterocycles. The molecule has 0 fully saturated rings. The van der Waals surface area contributed by atoms with Crippen molar-refractivity contribution < 1.29 is 9.53 Å². The summed E-state index contributed by atoms with van der Waals surface area (Å²) >= 11 is 0. The maximum atomic E-state index is 13.1. The van der Waals surface area contributed by atoms with Crippen LogP contribution in [0.15, 0.2) is 60.9 Å². The SMILES string of the molecule is COc1cc(NC(=O)C(c2ccccc2)n2cnnn2)ccc1-n1nc(C)cc1C. The van der Waals surface area contributed by atoms with E-state index >= 15 is 0 Å². The molecule has 9 nitrogen and oxygen atoms in total. The minimum absolute atomic E-state index is 0.269. The number of carbonyl (C=O) groups is 1. The Morgan fingerprint density at radius 3 is 2.53 bits per heavy atom. The monoisotopic (exact) mass is 403 g/mol. The molecule has 1 amide bonds. The first-order valence-electron chi connectivity index (χ1n) is 9.37. The largest absolute Gasteiger partial charge is 0.494 e. The van der Waals surface area contributed by atoms with Gasteiger partial charge in [0.25, 0.3) is 5.91 Å². The van der Waals surface area contributed by atoms with E-state index in [4.69, 9.17) is 4.74 Å². The Balaban J connectivity index is 1.64. The van der Waals surface area contributed by atoms with E-state index in [9.17, 15) is 4.79 Å². The molecule has 9 heteroatoms. The van der Waals surface area contributed by atoms with Gasteiger partial charge >= 0.3 is 0 Å². The van der Waals surface area contributed by atoms with Crippen LogP contribution in [0.1, 0.15) is 23.0 Å². The molecule has 1 N–H and O–H groups in total. The number of rotatable bonds is 6. The van der Waals surface area contributed by atoms with Gasteiger partial charge in [-0.25, -0.2) is 9.36 Å². The smallest absolute Gasteiger partial charge is 0.253 e. The summed E-state index contributed by atoms with van der Waals surface area (Å²) in [7, 11) is 1.59. The van der Waals surface area contributed by atoms with Crippen LogP contribution in [0.3, 0.4) is 0 Å². The molecule has 0 bridgehead atoms. The lowest BCUT2D eigenvalue weighted by Crippen LogP contribution is -2.27. The van der Waals surface area contributed by atoms with Gasteiger partial charge in [-0.05, 0) is 48.0 Å². The van der Waals surface area contributed by atoms with Crippen LogP contribution in [-0.4, -0.2) is 43.0 Å². The van der Waals surface area contributed by atoms with Gasteiger partial charge in [-0.15, -0.1) is 5.10 Å². The molecule has 4 aromatic rings. The van der Waals surface area contributed by atoms with Crippen molar-refractivity contribution in [3.8, 4) is 11.4 Å². The fourth-order valence-corrected chi connectivity index (χ4v) is 3.36. The number of carbonyl (C=O) groups excluding carboxylic acids is 1. The Bertz CT molecular complexity index is 1150. The molecule has 1 unspecified atom stereocenters. The molecular weight excluding hydrogens is 382 g/mol. The topological polar surface area (TPSA) is 99.7 Å². The Kier molecular flexibility index (Phi) is 5.25. The molecule has 0 saturated heterocycles. The van der Waals surface area contributed by atoms with Crippen LogP contribution in [-0.2, 0) is 4.79 Å². The molecule has 2 aromatic carbocycles. The van der Waals surface area contributed by atoms with Crippen molar-refractivity contribution in [2.24, 2.45) is 0 Å². The molecule has 0 aliphatic carbocycles. The third-order valence-corrected chi connectivity index (χ3v) is 4.68. The van der Waals surface area contributed by atoms with Gasteiger partial charge < -0.3 is 10.1 Å². The summed E-state index contributed by atoms with van der Waals surface area (Å²) in [6, 6.07) is 16.1. The van der Waals surface area contributed by atoms with Crippen molar-refractivity contribution in [2.45, 2.75) is 19.9 Å². The zero-order valence-corrected chi connectivity index (χ0v) is 16.9. The Hall–Kier alpha value is -4.01. The predicted molar refractivity (Wildman–Crippen MR) is 111 cm³/mol. The molecule has 2 aromatic heterocycles. The van der Waals surface area contributed by atoms with Crippen LogP contribution in [0.25, 0.3) is 5.69 Å². The highest BCUT2D eigenvalue weighted by Gasteiger charge is 2.24. The van der Waals surface area contributed by atoms with Crippen LogP contribution in [0, 0.1) is 13.8 Å². The van der Waals surface area contributed by atoms with Crippen molar-refractivity contribution in [2.75, 3.05) is 12.4 Å². The van der Waals surface area contributed by atoms with Gasteiger partial charge in [0, 0.05) is 17.4 Å². The second-order valence-corrected chi connectivity index (χ2v) is 6.82. The molecule has 0 aliphatic rings. The van der Waals surface area contributed by atoms with Crippen LogP contribution >= 0.6 is 0 Å². The lowest BCUT2D eigenvalue weighted by Gasteiger charge is -2.18. The molecular formula is C21H21N7O2. The minimum atomic E-state index is -0.706. The highest BCUT2D eigenvalue weighted by atomic mass is 16.5. The van der Waals surface area contributed by atoms with Crippen LogP contribution in [0.4, 0.5) is 5.69 Å². The number of ether oxygens (including phenoxy) is 1. The van der Waals surface area contributed by atoms with E-state index in [1.54, 1.807) is 13.2 Å². The average molecular weight is 403 g/mol. The number of nitrogens with zero attached hydrogens (tertiary/aromatic N) is 6. The third-order valence-electron chi connectivity index (χ3n) is 4.68. The molecule has 4 rings (SSSR count). The lowest BCUT2D eigenvalue weighted by atomic mass is 10.1. The van der Waals surface area contributed by atoms with Gasteiger partial charge in [0.15, 0.2) is 6.04 Å². The number of nitrogens with one attached hydrogen (secondary N) is 1. The first-order chi connectivity index (χ1) is 14.6. The summed E-state index contributed by atoms with van der Waals surface area (Å²) in [6.07, 6.45) is 1.42. The Morgan fingerprint density at radius 1 is 1.10 bits per heavy atom. The number of tetrazole rings is 1. The predicted octanol–water partition coefficient (Wildman–Crippen LogP) is 2.71. The van der Waals surface area contributed by atoms with E-state index < -0.39 is 6.04 Å². The maximum absolute atomic E-state index is 13.1. The highest BCUT2D eigenvalue weighted by molar-refractivity contribution is 5.96. The summed E-state index contributed by atoms with van der Waals surface area (Å²) in [5.41, 5.74) is 4.07. The lowest BCUT2D eigenvalue weighted by molar-refractivity contribution is -0.118. The van der Waals surface area contributed by atoms with E-state index in [-0.39, 0.29) is 5.91 Å². The number of amides is 1. The molecule has 30 heavy (non-hydrogen) atoms. The van der Waals surface area contributed by atoms with Gasteiger partial charge in [0.05, 0.1) is 12.8 Å². The van der Waals surface area contributed by atoms with E-state index in [1.165, 1.54) is 11.0 Å². The number of hydrogen-bond donors (Lipinski definition) is 1. The second kappa shape index (κ2) is 8.16. The molecule has 1 atom stereocenters. The van der Waals surface area contributed by atoms with Crippen LogP contribution in [0.2, 0.25) is 0 Å². The Morgan fingerprint density at radius 2 is 1.90 bits per heavy atom. The van der Waals surface area contributed by atoms with Crippen molar-refractivity contribution in [1.82, 2.24) is 30.0 Å². The third kappa shape index (κ3) is 3.77. The number of hydrogen-bond acceptors (Lipinski definition) is 6. The quantitative estimate of drug-likeness (QED) is 0.531. The maximum Gasteiger partial charge on any atom is 0.253 e. The summed E-state index contributed by atoms with van der Waals surface area (Å²) in [5.74, 6) is 0.326. The van der Waals surface area contributed by atoms with Gasteiger partial charge in [-0.1, -0.05) is 30.3 Å². The second-order valence-electron chi connectivity index (χ2n) is 6.82. The molecule has 0 spiro atoms. The summed E-state index contributed by atoms with van der Waals surface area (Å²) in [6.45, 7) is 3.92. The number of aryl methyl sites for hydroxylation is 2. The van der Waals surface area contributed by atoms with Crippen molar-refractivity contribution >= 4 is 11.6 Å². The van der Waals surface area contributed by atoms with Crippen molar-refractivity contribution in [3.05, 3.63) is 77.9 Å². The fourth-order valence-electron chi connectivity index (χ4n) is 3.36. The average Bonchev–Trinajstić information content (AvgIpc) is 3.38. The number of aromatic nitrogens is 6. The van der Waals surface area contributed by atoms with Crippen molar-refractivity contribution in [1.29, 1.82) is 0 Å². The molecule has 0 radical (unpaired) electrons. The fraction of sp³-hybridized carbons (Fsp3) is 0.190. The summed E-state index contributed by atoms with van der Waals surface area (Å²) in [5, 5.41) is 18.7. The van der Waals surface area contributed by atoms with Crippen molar-refractivity contribution in [3.63, 3.8) is 0 Å². The van der Waals surface area contributed by atoms with Gasteiger partial charge in [0.1, 0.15) is 17.8 Å². The van der Waals surface area contributed by atoms with E-state index in [0.29, 0.717) is 11.4 Å². The Labute approximate surface area is 173 Å². The van der Waals surface area contributed by atoms with Gasteiger partial charge in [-0.2, -0.15) is 5.10 Å².